The normalized spacial score (nSPS) is 26.6. The van der Waals surface area contributed by atoms with Crippen LogP contribution in [0, 0.1) is 0 Å². The predicted molar refractivity (Wildman–Crippen MR) is 74.5 cm³/mol. The monoisotopic (exact) mass is 248 g/mol. The number of hydrogen-bond acceptors (Lipinski definition) is 3. The third-order valence-electron chi connectivity index (χ3n) is 3.69. The molecule has 0 spiro atoms. The first-order chi connectivity index (χ1) is 8.48. The summed E-state index contributed by atoms with van der Waals surface area (Å²) in [7, 11) is 0. The summed E-state index contributed by atoms with van der Waals surface area (Å²) in [5.74, 6) is 0. The Hall–Kier alpha value is -0.900. The summed E-state index contributed by atoms with van der Waals surface area (Å²) in [4.78, 5) is 2.36. The van der Waals surface area contributed by atoms with Crippen LogP contribution in [0.15, 0.2) is 30.3 Å². The van der Waals surface area contributed by atoms with Gasteiger partial charge >= 0.3 is 0 Å². The largest absolute Gasteiger partial charge is 0.390 e. The Labute approximate surface area is 110 Å². The second kappa shape index (κ2) is 5.39. The van der Waals surface area contributed by atoms with E-state index >= 15 is 0 Å². The molecule has 3 heteroatoms. The molecule has 100 valence electrons. The second-order valence-electron chi connectivity index (χ2n) is 5.93. The van der Waals surface area contributed by atoms with Crippen molar-refractivity contribution in [1.82, 2.24) is 10.2 Å². The molecule has 0 saturated carbocycles. The zero-order valence-corrected chi connectivity index (χ0v) is 11.6. The van der Waals surface area contributed by atoms with E-state index in [-0.39, 0.29) is 11.6 Å². The fraction of sp³-hybridized carbons (Fsp3) is 0.600. The van der Waals surface area contributed by atoms with Gasteiger partial charge in [0.25, 0.3) is 0 Å². The van der Waals surface area contributed by atoms with Gasteiger partial charge in [0.2, 0.25) is 0 Å². The van der Waals surface area contributed by atoms with Crippen LogP contribution >= 0.6 is 0 Å². The zero-order valence-electron chi connectivity index (χ0n) is 11.6. The fourth-order valence-electron chi connectivity index (χ4n) is 2.59. The maximum Gasteiger partial charge on any atom is 0.0791 e. The number of nitrogens with one attached hydrogen (secondary N) is 1. The van der Waals surface area contributed by atoms with E-state index in [0.29, 0.717) is 12.6 Å². The van der Waals surface area contributed by atoms with E-state index in [4.69, 9.17) is 0 Å². The van der Waals surface area contributed by atoms with E-state index in [1.807, 2.05) is 6.07 Å². The molecule has 2 unspecified atom stereocenters. The molecule has 2 rings (SSSR count). The predicted octanol–water partition coefficient (Wildman–Crippen LogP) is 1.79. The van der Waals surface area contributed by atoms with Crippen molar-refractivity contribution in [2.75, 3.05) is 19.6 Å². The highest BCUT2D eigenvalue weighted by atomic mass is 16.3. The molecule has 2 atom stereocenters. The van der Waals surface area contributed by atoms with Crippen LogP contribution in [0.1, 0.15) is 32.4 Å². The number of benzene rings is 1. The molecule has 1 aromatic rings. The summed E-state index contributed by atoms with van der Waals surface area (Å²) in [5, 5.41) is 13.4. The Morgan fingerprint density at radius 2 is 2.00 bits per heavy atom. The Morgan fingerprint density at radius 1 is 1.33 bits per heavy atom. The first-order valence-electron chi connectivity index (χ1n) is 6.70. The van der Waals surface area contributed by atoms with Crippen LogP contribution in [-0.4, -0.2) is 41.3 Å². The minimum atomic E-state index is -0.294. The Balaban J connectivity index is 2.15. The van der Waals surface area contributed by atoms with Crippen molar-refractivity contribution in [2.45, 2.75) is 38.5 Å². The van der Waals surface area contributed by atoms with Gasteiger partial charge in [0.1, 0.15) is 0 Å². The van der Waals surface area contributed by atoms with Gasteiger partial charge in [-0.1, -0.05) is 30.3 Å². The summed E-state index contributed by atoms with van der Waals surface area (Å²) in [6.45, 7) is 8.94. The molecule has 1 aliphatic heterocycles. The van der Waals surface area contributed by atoms with Gasteiger partial charge in [0.05, 0.1) is 6.10 Å². The smallest absolute Gasteiger partial charge is 0.0791 e. The number of aliphatic hydroxyl groups is 1. The zero-order chi connectivity index (χ0) is 13.2. The summed E-state index contributed by atoms with van der Waals surface area (Å²) >= 11 is 0. The average Bonchev–Trinajstić information content (AvgIpc) is 2.48. The molecule has 1 aromatic carbocycles. The number of rotatable bonds is 2. The van der Waals surface area contributed by atoms with Gasteiger partial charge in [-0.25, -0.2) is 0 Å². The van der Waals surface area contributed by atoms with Crippen LogP contribution in [0.3, 0.4) is 0 Å². The third-order valence-corrected chi connectivity index (χ3v) is 3.69. The van der Waals surface area contributed by atoms with Crippen LogP contribution in [0.5, 0.6) is 0 Å². The lowest BCUT2D eigenvalue weighted by molar-refractivity contribution is 0.106. The summed E-state index contributed by atoms with van der Waals surface area (Å²) in [5.41, 5.74) is 1.35. The fourth-order valence-corrected chi connectivity index (χ4v) is 2.59. The lowest BCUT2D eigenvalue weighted by atomic mass is 10.0. The molecular formula is C15H24N2O. The van der Waals surface area contributed by atoms with E-state index < -0.39 is 0 Å². The maximum absolute atomic E-state index is 9.98. The molecule has 1 fully saturated rings. The molecule has 3 nitrogen and oxygen atoms in total. The van der Waals surface area contributed by atoms with E-state index in [1.54, 1.807) is 0 Å². The minimum Gasteiger partial charge on any atom is -0.390 e. The molecule has 0 amide bonds. The summed E-state index contributed by atoms with van der Waals surface area (Å²) in [6, 6.07) is 10.8. The van der Waals surface area contributed by atoms with Crippen LogP contribution in [0.2, 0.25) is 0 Å². The van der Waals surface area contributed by atoms with Crippen LogP contribution < -0.4 is 5.32 Å². The lowest BCUT2D eigenvalue weighted by Crippen LogP contribution is -2.47. The van der Waals surface area contributed by atoms with E-state index in [0.717, 1.165) is 13.1 Å². The van der Waals surface area contributed by atoms with E-state index in [1.165, 1.54) is 5.56 Å². The Bertz CT molecular complexity index is 377. The van der Waals surface area contributed by atoms with Crippen molar-refractivity contribution in [2.24, 2.45) is 0 Å². The van der Waals surface area contributed by atoms with E-state index in [2.05, 4.69) is 55.3 Å². The average molecular weight is 248 g/mol. The maximum atomic E-state index is 9.98. The number of nitrogens with zero attached hydrogens (tertiary/aromatic N) is 1. The van der Waals surface area contributed by atoms with Gasteiger partial charge in [-0.3, -0.25) is 4.90 Å². The van der Waals surface area contributed by atoms with Gasteiger partial charge in [-0.2, -0.15) is 0 Å². The van der Waals surface area contributed by atoms with Crippen molar-refractivity contribution < 1.29 is 5.11 Å². The first-order valence-corrected chi connectivity index (χ1v) is 6.70. The highest BCUT2D eigenvalue weighted by molar-refractivity contribution is 5.18. The van der Waals surface area contributed by atoms with Crippen molar-refractivity contribution in [1.29, 1.82) is 0 Å². The molecule has 2 N–H and O–H groups in total. The topological polar surface area (TPSA) is 35.5 Å². The number of hydrogen-bond donors (Lipinski definition) is 2. The van der Waals surface area contributed by atoms with Gasteiger partial charge in [-0.15, -0.1) is 0 Å². The van der Waals surface area contributed by atoms with Crippen LogP contribution in [0.4, 0.5) is 0 Å². The van der Waals surface area contributed by atoms with Gasteiger partial charge in [0.15, 0.2) is 0 Å². The van der Waals surface area contributed by atoms with E-state index in [9.17, 15) is 5.11 Å². The standard InChI is InChI=1S/C15H24N2O/c1-12(13-7-5-4-6-8-13)17-10-14(18)9-16-15(2,3)11-17/h4-8,12,14,16,18H,9-11H2,1-3H3. The molecule has 1 heterocycles. The molecule has 0 aromatic heterocycles. The van der Waals surface area contributed by atoms with Crippen molar-refractivity contribution in [3.63, 3.8) is 0 Å². The van der Waals surface area contributed by atoms with Crippen molar-refractivity contribution in [3.8, 4) is 0 Å². The lowest BCUT2D eigenvalue weighted by Gasteiger charge is -2.34. The van der Waals surface area contributed by atoms with Crippen LogP contribution in [0.25, 0.3) is 0 Å². The molecule has 1 aliphatic rings. The van der Waals surface area contributed by atoms with Gasteiger partial charge < -0.3 is 10.4 Å². The minimum absolute atomic E-state index is 0.0422. The van der Waals surface area contributed by atoms with Gasteiger partial charge in [0, 0.05) is 31.2 Å². The molecular weight excluding hydrogens is 224 g/mol. The SMILES string of the molecule is CC(c1ccccc1)N1CC(O)CNC(C)(C)C1. The summed E-state index contributed by atoms with van der Waals surface area (Å²) < 4.78 is 0. The van der Waals surface area contributed by atoms with Crippen molar-refractivity contribution in [3.05, 3.63) is 35.9 Å². The molecule has 0 bridgehead atoms. The van der Waals surface area contributed by atoms with Gasteiger partial charge in [-0.05, 0) is 26.3 Å². The first kappa shape index (κ1) is 13.5. The van der Waals surface area contributed by atoms with Crippen molar-refractivity contribution >= 4 is 0 Å². The Kier molecular flexibility index (Phi) is 4.05. The highest BCUT2D eigenvalue weighted by Crippen LogP contribution is 2.23. The quantitative estimate of drug-likeness (QED) is 0.837. The Morgan fingerprint density at radius 3 is 2.67 bits per heavy atom. The highest BCUT2D eigenvalue weighted by Gasteiger charge is 2.30. The number of β-amino-alcohol motifs (C(OH)–C–C–N with tert-alkyl or cyclic N) is 1. The summed E-state index contributed by atoms with van der Waals surface area (Å²) in [6.07, 6.45) is -0.294. The second-order valence-corrected chi connectivity index (χ2v) is 5.93. The van der Waals surface area contributed by atoms with Crippen LogP contribution in [-0.2, 0) is 0 Å². The third kappa shape index (κ3) is 3.31. The molecule has 18 heavy (non-hydrogen) atoms. The number of aliphatic hydroxyl groups excluding tert-OH is 1. The molecule has 1 saturated heterocycles. The molecule has 0 radical (unpaired) electrons. The molecule has 0 aliphatic carbocycles.